The van der Waals surface area contributed by atoms with Gasteiger partial charge < -0.3 is 4.74 Å². The Bertz CT molecular complexity index is 1600. The van der Waals surface area contributed by atoms with Crippen molar-refractivity contribution in [3.8, 4) is 22.7 Å². The van der Waals surface area contributed by atoms with Crippen molar-refractivity contribution in [2.75, 3.05) is 12.0 Å². The predicted octanol–water partition coefficient (Wildman–Crippen LogP) is 6.76. The highest BCUT2D eigenvalue weighted by Gasteiger charge is 2.41. The number of benzene rings is 3. The van der Waals surface area contributed by atoms with Crippen LogP contribution in [-0.2, 0) is 4.79 Å². The average molecular weight is 517 g/mol. The molecule has 3 aromatic carbocycles. The van der Waals surface area contributed by atoms with Crippen LogP contribution in [0.15, 0.2) is 120 Å². The van der Waals surface area contributed by atoms with E-state index >= 15 is 0 Å². The van der Waals surface area contributed by atoms with E-state index in [2.05, 4.69) is 4.98 Å². The highest BCUT2D eigenvalue weighted by molar-refractivity contribution is 8.05. The van der Waals surface area contributed by atoms with Crippen LogP contribution >= 0.6 is 11.8 Å². The summed E-state index contributed by atoms with van der Waals surface area (Å²) in [5.41, 5.74) is 4.57. The second kappa shape index (κ2) is 10.4. The molecule has 38 heavy (non-hydrogen) atoms. The lowest BCUT2D eigenvalue weighted by Crippen LogP contribution is -2.28. The number of nitrogens with zero attached hydrogens (tertiary/aromatic N) is 4. The molecule has 1 aliphatic heterocycles. The molecule has 2 aromatic heterocycles. The Morgan fingerprint density at radius 3 is 2.39 bits per heavy atom. The van der Waals surface area contributed by atoms with Crippen LogP contribution in [0.1, 0.15) is 16.5 Å². The normalized spacial score (nSPS) is 16.2. The van der Waals surface area contributed by atoms with E-state index in [0.29, 0.717) is 10.7 Å². The van der Waals surface area contributed by atoms with Crippen LogP contribution in [0.3, 0.4) is 0 Å². The highest BCUT2D eigenvalue weighted by Crippen LogP contribution is 2.50. The number of amides is 1. The fourth-order valence-corrected chi connectivity index (χ4v) is 5.70. The zero-order chi connectivity index (χ0) is 25.9. The third-order valence-corrected chi connectivity index (χ3v) is 7.50. The summed E-state index contributed by atoms with van der Waals surface area (Å²) in [5, 5.41) is 4.63. The zero-order valence-corrected chi connectivity index (χ0v) is 21.5. The molecule has 1 amide bonds. The number of hydrogen-bond acceptors (Lipinski definition) is 5. The number of pyridine rings is 1. The molecule has 0 N–H and O–H groups in total. The summed E-state index contributed by atoms with van der Waals surface area (Å²) in [4.78, 5) is 20.8. The minimum atomic E-state index is -0.359. The fraction of sp³-hybridized carbons (Fsp3) is 0.0645. The number of carbonyl (C=O) groups is 1. The molecule has 1 fully saturated rings. The van der Waals surface area contributed by atoms with Gasteiger partial charge in [0.05, 0.1) is 23.4 Å². The van der Waals surface area contributed by atoms with Crippen molar-refractivity contribution in [3.63, 3.8) is 0 Å². The number of aromatic nitrogens is 3. The van der Waals surface area contributed by atoms with Crippen LogP contribution in [0, 0.1) is 0 Å². The third kappa shape index (κ3) is 4.60. The predicted molar refractivity (Wildman–Crippen MR) is 152 cm³/mol. The van der Waals surface area contributed by atoms with Gasteiger partial charge in [-0.05, 0) is 48.0 Å². The molecule has 186 valence electrons. The molecule has 5 aromatic rings. The van der Waals surface area contributed by atoms with E-state index in [1.807, 2.05) is 120 Å². The number of anilines is 1. The molecule has 7 heteroatoms. The topological polar surface area (TPSA) is 60.2 Å². The molecule has 0 aliphatic carbocycles. The SMILES string of the molecule is COc1cccc(C=C2SC(c3cn(-c4ccccc4)nc3-c3ccccc3)N(c3ccccn3)C2=O)c1. The second-order valence-corrected chi connectivity index (χ2v) is 9.82. The summed E-state index contributed by atoms with van der Waals surface area (Å²) in [7, 11) is 1.63. The van der Waals surface area contributed by atoms with E-state index in [-0.39, 0.29) is 11.3 Å². The maximum absolute atomic E-state index is 13.9. The summed E-state index contributed by atoms with van der Waals surface area (Å²) in [6.45, 7) is 0. The molecule has 1 aliphatic rings. The molecule has 1 saturated heterocycles. The largest absolute Gasteiger partial charge is 0.497 e. The molecule has 1 unspecified atom stereocenters. The van der Waals surface area contributed by atoms with Crippen LogP contribution in [0.4, 0.5) is 5.82 Å². The van der Waals surface area contributed by atoms with Gasteiger partial charge in [0, 0.05) is 23.5 Å². The third-order valence-electron chi connectivity index (χ3n) is 6.27. The summed E-state index contributed by atoms with van der Waals surface area (Å²) in [6.07, 6.45) is 5.64. The quantitative estimate of drug-likeness (QED) is 0.233. The van der Waals surface area contributed by atoms with Gasteiger partial charge in [-0.15, -0.1) is 0 Å². The minimum absolute atomic E-state index is 0.104. The van der Waals surface area contributed by atoms with Crippen molar-refractivity contribution in [1.82, 2.24) is 14.8 Å². The number of methoxy groups -OCH3 is 1. The van der Waals surface area contributed by atoms with E-state index in [0.717, 1.165) is 33.8 Å². The van der Waals surface area contributed by atoms with Gasteiger partial charge in [0.25, 0.3) is 5.91 Å². The summed E-state index contributed by atoms with van der Waals surface area (Å²) in [6, 6.07) is 33.4. The van der Waals surface area contributed by atoms with Crippen molar-refractivity contribution in [3.05, 3.63) is 132 Å². The summed E-state index contributed by atoms with van der Waals surface area (Å²) in [5.74, 6) is 1.23. The number of carbonyl (C=O) groups excluding carboxylic acids is 1. The lowest BCUT2D eigenvalue weighted by atomic mass is 10.1. The van der Waals surface area contributed by atoms with Crippen molar-refractivity contribution in [2.24, 2.45) is 0 Å². The van der Waals surface area contributed by atoms with Crippen molar-refractivity contribution >= 4 is 29.6 Å². The van der Waals surface area contributed by atoms with Crippen LogP contribution in [0.2, 0.25) is 0 Å². The lowest BCUT2D eigenvalue weighted by Gasteiger charge is -2.22. The van der Waals surface area contributed by atoms with E-state index in [1.54, 1.807) is 18.2 Å². The number of ether oxygens (including phenoxy) is 1. The number of rotatable bonds is 6. The van der Waals surface area contributed by atoms with Crippen LogP contribution in [0.5, 0.6) is 5.75 Å². The second-order valence-electron chi connectivity index (χ2n) is 8.70. The summed E-state index contributed by atoms with van der Waals surface area (Å²) >= 11 is 1.50. The Kier molecular flexibility index (Phi) is 6.50. The number of hydrogen-bond donors (Lipinski definition) is 0. The van der Waals surface area contributed by atoms with Crippen molar-refractivity contribution in [2.45, 2.75) is 5.37 Å². The van der Waals surface area contributed by atoms with Crippen molar-refractivity contribution in [1.29, 1.82) is 0 Å². The molecule has 0 bridgehead atoms. The van der Waals surface area contributed by atoms with E-state index in [1.165, 1.54) is 11.8 Å². The Balaban J connectivity index is 1.50. The van der Waals surface area contributed by atoms with E-state index < -0.39 is 0 Å². The minimum Gasteiger partial charge on any atom is -0.497 e. The lowest BCUT2D eigenvalue weighted by molar-refractivity contribution is -0.114. The van der Waals surface area contributed by atoms with Gasteiger partial charge in [-0.25, -0.2) is 9.67 Å². The molecule has 0 radical (unpaired) electrons. The maximum atomic E-state index is 13.9. The van der Waals surface area contributed by atoms with Gasteiger partial charge in [-0.1, -0.05) is 78.5 Å². The standard InChI is InChI=1S/C31H24N4O2S/c1-37-25-16-10-11-22(19-25)20-27-30(36)35(28-17-8-9-18-32-28)31(38-27)26-21-34(24-14-6-3-7-15-24)33-29(26)23-12-4-2-5-13-23/h2-21,31H,1H3. The van der Waals surface area contributed by atoms with Gasteiger partial charge >= 0.3 is 0 Å². The molecule has 6 nitrogen and oxygen atoms in total. The van der Waals surface area contributed by atoms with Gasteiger partial charge in [0.15, 0.2) is 0 Å². The van der Waals surface area contributed by atoms with Gasteiger partial charge in [0.2, 0.25) is 0 Å². The monoisotopic (exact) mass is 516 g/mol. The molecule has 1 atom stereocenters. The van der Waals surface area contributed by atoms with Crippen LogP contribution in [-0.4, -0.2) is 27.8 Å². The number of thioether (sulfide) groups is 1. The molecule has 0 spiro atoms. The molecule has 3 heterocycles. The molecule has 0 saturated carbocycles. The van der Waals surface area contributed by atoms with Crippen LogP contribution in [0.25, 0.3) is 23.0 Å². The first kappa shape index (κ1) is 23.8. The smallest absolute Gasteiger partial charge is 0.267 e. The van der Waals surface area contributed by atoms with Crippen LogP contribution < -0.4 is 9.64 Å². The first-order chi connectivity index (χ1) is 18.7. The van der Waals surface area contributed by atoms with Gasteiger partial charge in [0.1, 0.15) is 16.9 Å². The Hall–Kier alpha value is -4.62. The molecule has 6 rings (SSSR count). The summed E-state index contributed by atoms with van der Waals surface area (Å²) < 4.78 is 7.26. The number of para-hydroxylation sites is 1. The Morgan fingerprint density at radius 1 is 0.895 bits per heavy atom. The van der Waals surface area contributed by atoms with Gasteiger partial charge in [-0.3, -0.25) is 9.69 Å². The Morgan fingerprint density at radius 2 is 1.66 bits per heavy atom. The van der Waals surface area contributed by atoms with Gasteiger partial charge in [-0.2, -0.15) is 5.10 Å². The van der Waals surface area contributed by atoms with E-state index in [4.69, 9.17) is 9.84 Å². The zero-order valence-electron chi connectivity index (χ0n) is 20.6. The van der Waals surface area contributed by atoms with Crippen molar-refractivity contribution < 1.29 is 9.53 Å². The average Bonchev–Trinajstić information content (AvgIpc) is 3.56. The molecular formula is C31H24N4O2S. The highest BCUT2D eigenvalue weighted by atomic mass is 32.2. The van der Waals surface area contributed by atoms with E-state index in [9.17, 15) is 4.79 Å². The fourth-order valence-electron chi connectivity index (χ4n) is 4.45. The molecular weight excluding hydrogens is 492 g/mol. The first-order valence-electron chi connectivity index (χ1n) is 12.2. The first-order valence-corrected chi connectivity index (χ1v) is 13.1. The maximum Gasteiger partial charge on any atom is 0.267 e. The Labute approximate surface area is 225 Å².